The normalized spacial score (nSPS) is 18.0. The number of nitrogens with zero attached hydrogens (tertiary/aromatic N) is 1. The van der Waals surface area contributed by atoms with Crippen LogP contribution in [-0.2, 0) is 14.8 Å². The maximum Gasteiger partial charge on any atom is 0.269 e. The van der Waals surface area contributed by atoms with E-state index in [-0.39, 0.29) is 17.2 Å². The summed E-state index contributed by atoms with van der Waals surface area (Å²) >= 11 is 0. The Kier molecular flexibility index (Phi) is 6.61. The molecule has 1 fully saturated rings. The van der Waals surface area contributed by atoms with E-state index in [9.17, 15) is 13.2 Å². The SMILES string of the molecule is O=C(Nc1cc(S(=O)(=O)N2CCCCC2)ccc1Oc1ccccc1)[C@@H]1COc2ccccc2O1. The van der Waals surface area contributed by atoms with Crippen LogP contribution < -0.4 is 19.5 Å². The zero-order chi connectivity index (χ0) is 24.3. The monoisotopic (exact) mass is 494 g/mol. The Bertz CT molecular complexity index is 1310. The third-order valence-electron chi connectivity index (χ3n) is 5.93. The van der Waals surface area contributed by atoms with E-state index in [1.807, 2.05) is 24.3 Å². The first-order chi connectivity index (χ1) is 17.0. The number of benzene rings is 3. The van der Waals surface area contributed by atoms with Gasteiger partial charge in [-0.05, 0) is 55.3 Å². The lowest BCUT2D eigenvalue weighted by molar-refractivity contribution is -0.125. The summed E-state index contributed by atoms with van der Waals surface area (Å²) in [6.07, 6.45) is 1.78. The Balaban J connectivity index is 1.43. The van der Waals surface area contributed by atoms with Gasteiger partial charge in [0.2, 0.25) is 16.1 Å². The first-order valence-electron chi connectivity index (χ1n) is 11.6. The first kappa shape index (κ1) is 23.2. The summed E-state index contributed by atoms with van der Waals surface area (Å²) in [4.78, 5) is 13.2. The maximum atomic E-state index is 13.3. The number of carbonyl (C=O) groups is 1. The second-order valence-electron chi connectivity index (χ2n) is 8.39. The van der Waals surface area contributed by atoms with Crippen molar-refractivity contribution in [2.75, 3.05) is 25.0 Å². The summed E-state index contributed by atoms with van der Waals surface area (Å²) in [5.41, 5.74) is 0.236. The Hall–Kier alpha value is -3.56. The van der Waals surface area contributed by atoms with Gasteiger partial charge >= 0.3 is 0 Å². The van der Waals surface area contributed by atoms with Crippen molar-refractivity contribution in [3.8, 4) is 23.0 Å². The molecule has 3 aromatic carbocycles. The number of anilines is 1. The molecule has 1 amide bonds. The van der Waals surface area contributed by atoms with Crippen LogP contribution in [0, 0.1) is 0 Å². The Morgan fingerprint density at radius 1 is 0.914 bits per heavy atom. The molecule has 9 heteroatoms. The van der Waals surface area contributed by atoms with Gasteiger partial charge in [-0.1, -0.05) is 36.8 Å². The van der Waals surface area contributed by atoms with Crippen LogP contribution in [0.15, 0.2) is 77.7 Å². The molecule has 3 aromatic rings. The standard InChI is InChI=1S/C26H26N2O6S/c29-26(25-18-32-23-11-5-6-12-24(23)34-25)27-21-17-20(35(30,31)28-15-7-2-8-16-28)13-14-22(21)33-19-9-3-1-4-10-19/h1,3-6,9-14,17,25H,2,7-8,15-16,18H2,(H,27,29)/t25-/m0/s1. The lowest BCUT2D eigenvalue weighted by Crippen LogP contribution is -2.40. The number of piperidine rings is 1. The molecular formula is C26H26N2O6S. The molecule has 2 aliphatic rings. The largest absolute Gasteiger partial charge is 0.485 e. The summed E-state index contributed by atoms with van der Waals surface area (Å²) in [5.74, 6) is 1.45. The van der Waals surface area contributed by atoms with E-state index >= 15 is 0 Å². The molecule has 182 valence electrons. The van der Waals surface area contributed by atoms with E-state index < -0.39 is 22.0 Å². The molecule has 0 aliphatic carbocycles. The fourth-order valence-corrected chi connectivity index (χ4v) is 5.63. The van der Waals surface area contributed by atoms with Crippen molar-refractivity contribution in [2.24, 2.45) is 0 Å². The van der Waals surface area contributed by atoms with E-state index in [4.69, 9.17) is 14.2 Å². The minimum Gasteiger partial charge on any atom is -0.485 e. The fourth-order valence-electron chi connectivity index (χ4n) is 4.09. The van der Waals surface area contributed by atoms with Crippen LogP contribution in [0.5, 0.6) is 23.0 Å². The van der Waals surface area contributed by atoms with Crippen molar-refractivity contribution in [2.45, 2.75) is 30.3 Å². The number of fused-ring (bicyclic) bond motifs is 1. The van der Waals surface area contributed by atoms with Crippen LogP contribution in [-0.4, -0.2) is 44.4 Å². The first-order valence-corrected chi connectivity index (χ1v) is 13.0. The van der Waals surface area contributed by atoms with Crippen LogP contribution in [0.1, 0.15) is 19.3 Å². The zero-order valence-electron chi connectivity index (χ0n) is 19.1. The van der Waals surface area contributed by atoms with Gasteiger partial charge in [0.1, 0.15) is 12.4 Å². The van der Waals surface area contributed by atoms with Gasteiger partial charge in [0.05, 0.1) is 10.6 Å². The molecule has 1 N–H and O–H groups in total. The lowest BCUT2D eigenvalue weighted by Gasteiger charge is -2.27. The number of amides is 1. The summed E-state index contributed by atoms with van der Waals surface area (Å²) in [6, 6.07) is 20.7. The quantitative estimate of drug-likeness (QED) is 0.545. The Morgan fingerprint density at radius 3 is 2.40 bits per heavy atom. The average Bonchev–Trinajstić information content (AvgIpc) is 2.90. The van der Waals surface area contributed by atoms with Gasteiger partial charge in [0.25, 0.3) is 5.91 Å². The van der Waals surface area contributed by atoms with Crippen molar-refractivity contribution in [3.63, 3.8) is 0 Å². The van der Waals surface area contributed by atoms with Crippen molar-refractivity contribution in [1.29, 1.82) is 0 Å². The number of ether oxygens (including phenoxy) is 3. The highest BCUT2D eigenvalue weighted by atomic mass is 32.2. The number of hydrogen-bond donors (Lipinski definition) is 1. The van der Waals surface area contributed by atoms with Crippen LogP contribution >= 0.6 is 0 Å². The molecular weight excluding hydrogens is 468 g/mol. The second-order valence-corrected chi connectivity index (χ2v) is 10.3. The highest BCUT2D eigenvalue weighted by Gasteiger charge is 2.30. The molecule has 5 rings (SSSR count). The van der Waals surface area contributed by atoms with E-state index in [1.165, 1.54) is 16.4 Å². The molecule has 2 aliphatic heterocycles. The van der Waals surface area contributed by atoms with Gasteiger partial charge < -0.3 is 19.5 Å². The van der Waals surface area contributed by atoms with Crippen LogP contribution in [0.2, 0.25) is 0 Å². The molecule has 0 bridgehead atoms. The molecule has 1 saturated heterocycles. The van der Waals surface area contributed by atoms with Crippen LogP contribution in [0.25, 0.3) is 0 Å². The fraction of sp³-hybridized carbons (Fsp3) is 0.269. The highest BCUT2D eigenvalue weighted by molar-refractivity contribution is 7.89. The Morgan fingerprint density at radius 2 is 1.63 bits per heavy atom. The number of sulfonamides is 1. The molecule has 0 radical (unpaired) electrons. The molecule has 8 nitrogen and oxygen atoms in total. The van der Waals surface area contributed by atoms with Gasteiger partial charge in [0.15, 0.2) is 17.2 Å². The summed E-state index contributed by atoms with van der Waals surface area (Å²) in [7, 11) is -3.70. The molecule has 0 spiro atoms. The van der Waals surface area contributed by atoms with E-state index in [0.29, 0.717) is 36.1 Å². The lowest BCUT2D eigenvalue weighted by atomic mass is 10.2. The minimum absolute atomic E-state index is 0.0312. The summed E-state index contributed by atoms with van der Waals surface area (Å²) < 4.78 is 45.5. The summed E-state index contributed by atoms with van der Waals surface area (Å²) in [6.45, 7) is 1.00. The van der Waals surface area contributed by atoms with Gasteiger partial charge in [-0.3, -0.25) is 4.79 Å². The van der Waals surface area contributed by atoms with Crippen LogP contribution in [0.4, 0.5) is 5.69 Å². The van der Waals surface area contributed by atoms with Gasteiger partial charge in [-0.25, -0.2) is 8.42 Å². The highest BCUT2D eigenvalue weighted by Crippen LogP contribution is 2.35. The predicted octanol–water partition coefficient (Wildman–Crippen LogP) is 4.43. The molecule has 2 heterocycles. The third kappa shape index (κ3) is 5.11. The second kappa shape index (κ2) is 9.97. The van der Waals surface area contributed by atoms with Gasteiger partial charge in [-0.15, -0.1) is 0 Å². The van der Waals surface area contributed by atoms with E-state index in [1.54, 1.807) is 36.4 Å². The maximum absolute atomic E-state index is 13.3. The van der Waals surface area contributed by atoms with Crippen molar-refractivity contribution < 1.29 is 27.4 Å². The van der Waals surface area contributed by atoms with Crippen molar-refractivity contribution in [1.82, 2.24) is 4.31 Å². The van der Waals surface area contributed by atoms with Crippen LogP contribution in [0.3, 0.4) is 0 Å². The molecule has 1 atom stereocenters. The number of carbonyl (C=O) groups excluding carboxylic acids is 1. The van der Waals surface area contributed by atoms with Gasteiger partial charge in [-0.2, -0.15) is 4.31 Å². The van der Waals surface area contributed by atoms with Crippen molar-refractivity contribution >= 4 is 21.6 Å². The third-order valence-corrected chi connectivity index (χ3v) is 7.83. The minimum atomic E-state index is -3.70. The zero-order valence-corrected chi connectivity index (χ0v) is 19.9. The number of para-hydroxylation sites is 3. The average molecular weight is 495 g/mol. The summed E-state index contributed by atoms with van der Waals surface area (Å²) in [5, 5.41) is 2.79. The number of rotatable bonds is 6. The van der Waals surface area contributed by atoms with E-state index in [0.717, 1.165) is 19.3 Å². The topological polar surface area (TPSA) is 94.2 Å². The molecule has 0 unspecified atom stereocenters. The molecule has 0 aromatic heterocycles. The number of hydrogen-bond acceptors (Lipinski definition) is 6. The number of nitrogens with one attached hydrogen (secondary N) is 1. The van der Waals surface area contributed by atoms with Gasteiger partial charge in [0, 0.05) is 13.1 Å². The Labute approximate surface area is 204 Å². The van der Waals surface area contributed by atoms with E-state index in [2.05, 4.69) is 5.32 Å². The predicted molar refractivity (Wildman–Crippen MR) is 131 cm³/mol. The molecule has 0 saturated carbocycles. The van der Waals surface area contributed by atoms with Crippen molar-refractivity contribution in [3.05, 3.63) is 72.8 Å². The molecule has 35 heavy (non-hydrogen) atoms. The smallest absolute Gasteiger partial charge is 0.269 e.